The number of benzene rings is 1. The molecule has 0 saturated carbocycles. The smallest absolute Gasteiger partial charge is 0.184 e. The van der Waals surface area contributed by atoms with Gasteiger partial charge in [0.2, 0.25) is 0 Å². The van der Waals surface area contributed by atoms with Crippen molar-refractivity contribution in [2.75, 3.05) is 12.5 Å². The Hall–Kier alpha value is -0.640. The van der Waals surface area contributed by atoms with Crippen LogP contribution in [0.1, 0.15) is 17.4 Å². The van der Waals surface area contributed by atoms with E-state index in [1.54, 1.807) is 19.1 Å². The van der Waals surface area contributed by atoms with Crippen molar-refractivity contribution in [3.8, 4) is 0 Å². The Morgan fingerprint density at radius 2 is 2.33 bits per heavy atom. The van der Waals surface area contributed by atoms with E-state index in [9.17, 15) is 4.39 Å². The van der Waals surface area contributed by atoms with Crippen LogP contribution < -0.4 is 0 Å². The third-order valence-electron chi connectivity index (χ3n) is 2.39. The van der Waals surface area contributed by atoms with Gasteiger partial charge in [-0.05, 0) is 18.6 Å². The van der Waals surface area contributed by atoms with Crippen molar-refractivity contribution < 1.29 is 13.9 Å². The molecule has 1 aromatic carbocycles. The molecule has 2 nitrogen and oxygen atoms in total. The molecule has 1 aromatic rings. The molecule has 0 bridgehead atoms. The van der Waals surface area contributed by atoms with Gasteiger partial charge in [0.1, 0.15) is 5.82 Å². The average Bonchev–Trinajstić information content (AvgIpc) is 2.70. The second kappa shape index (κ2) is 4.47. The number of hydrogen-bond acceptors (Lipinski definition) is 2. The van der Waals surface area contributed by atoms with Crippen molar-refractivity contribution in [2.24, 2.45) is 0 Å². The first kappa shape index (κ1) is 10.9. The predicted octanol–water partition coefficient (Wildman–Crippen LogP) is 2.79. The summed E-state index contributed by atoms with van der Waals surface area (Å²) < 4.78 is 24.1. The van der Waals surface area contributed by atoms with Gasteiger partial charge in [0.05, 0.1) is 18.6 Å². The first-order valence-electron chi connectivity index (χ1n) is 4.80. The van der Waals surface area contributed by atoms with E-state index in [4.69, 9.17) is 21.1 Å². The van der Waals surface area contributed by atoms with E-state index in [0.717, 1.165) is 0 Å². The van der Waals surface area contributed by atoms with Crippen LogP contribution in [0, 0.1) is 12.7 Å². The number of aryl methyl sites for hydroxylation is 1. The standard InChI is InChI=1S/C11H12ClFO2/c1-7-2-3-8(4-10(7)13)11-14-6-9(5-12)15-11/h2-4,9,11H,5-6H2,1H3. The molecular formula is C11H12ClFO2. The van der Waals surface area contributed by atoms with Crippen LogP contribution in [0.15, 0.2) is 18.2 Å². The highest BCUT2D eigenvalue weighted by atomic mass is 35.5. The zero-order chi connectivity index (χ0) is 10.8. The molecule has 0 N–H and O–H groups in total. The van der Waals surface area contributed by atoms with Crippen LogP contribution in [0.25, 0.3) is 0 Å². The van der Waals surface area contributed by atoms with Gasteiger partial charge in [-0.3, -0.25) is 0 Å². The molecule has 0 amide bonds. The molecule has 0 spiro atoms. The van der Waals surface area contributed by atoms with E-state index in [1.165, 1.54) is 6.07 Å². The molecule has 0 aromatic heterocycles. The Balaban J connectivity index is 2.13. The maximum absolute atomic E-state index is 13.3. The van der Waals surface area contributed by atoms with Gasteiger partial charge >= 0.3 is 0 Å². The van der Waals surface area contributed by atoms with Gasteiger partial charge in [0.25, 0.3) is 0 Å². The molecule has 1 saturated heterocycles. The van der Waals surface area contributed by atoms with Crippen LogP contribution >= 0.6 is 11.6 Å². The number of halogens is 2. The van der Waals surface area contributed by atoms with Crippen molar-refractivity contribution in [3.63, 3.8) is 0 Å². The molecule has 2 rings (SSSR count). The summed E-state index contributed by atoms with van der Waals surface area (Å²) in [6, 6.07) is 4.96. The quantitative estimate of drug-likeness (QED) is 0.728. The molecule has 2 unspecified atom stereocenters. The largest absolute Gasteiger partial charge is 0.346 e. The van der Waals surface area contributed by atoms with E-state index in [-0.39, 0.29) is 11.9 Å². The maximum atomic E-state index is 13.3. The summed E-state index contributed by atoms with van der Waals surface area (Å²) in [7, 11) is 0. The minimum absolute atomic E-state index is 0.0963. The third kappa shape index (κ3) is 2.30. The van der Waals surface area contributed by atoms with Gasteiger partial charge in [0.15, 0.2) is 6.29 Å². The summed E-state index contributed by atoms with van der Waals surface area (Å²) in [5, 5.41) is 0. The van der Waals surface area contributed by atoms with Crippen LogP contribution in [0.5, 0.6) is 0 Å². The van der Waals surface area contributed by atoms with Gasteiger partial charge in [-0.25, -0.2) is 4.39 Å². The Labute approximate surface area is 92.9 Å². The monoisotopic (exact) mass is 230 g/mol. The highest BCUT2D eigenvalue weighted by molar-refractivity contribution is 6.18. The van der Waals surface area contributed by atoms with E-state index >= 15 is 0 Å². The summed E-state index contributed by atoms with van der Waals surface area (Å²) in [5.74, 6) is 0.152. The summed E-state index contributed by atoms with van der Waals surface area (Å²) in [6.45, 7) is 2.18. The highest BCUT2D eigenvalue weighted by Gasteiger charge is 2.26. The second-order valence-electron chi connectivity index (χ2n) is 3.59. The Kier molecular flexibility index (Phi) is 3.24. The topological polar surface area (TPSA) is 18.5 Å². The molecule has 0 radical (unpaired) electrons. The lowest BCUT2D eigenvalue weighted by Crippen LogP contribution is -2.10. The maximum Gasteiger partial charge on any atom is 0.184 e. The zero-order valence-corrected chi connectivity index (χ0v) is 9.13. The summed E-state index contributed by atoms with van der Waals surface area (Å²) in [6.07, 6.45) is -0.579. The van der Waals surface area contributed by atoms with Crippen LogP contribution in [0.4, 0.5) is 4.39 Å². The molecule has 1 heterocycles. The minimum Gasteiger partial charge on any atom is -0.346 e. The Morgan fingerprint density at radius 1 is 1.53 bits per heavy atom. The van der Waals surface area contributed by atoms with Gasteiger partial charge in [0, 0.05) is 5.56 Å². The zero-order valence-electron chi connectivity index (χ0n) is 8.37. The second-order valence-corrected chi connectivity index (χ2v) is 3.89. The SMILES string of the molecule is Cc1ccc(C2OCC(CCl)O2)cc1F. The normalized spacial score (nSPS) is 25.8. The molecule has 15 heavy (non-hydrogen) atoms. The molecule has 4 heteroatoms. The molecule has 82 valence electrons. The minimum atomic E-state index is -0.483. The predicted molar refractivity (Wildman–Crippen MR) is 55.4 cm³/mol. The Bertz CT molecular complexity index is 356. The van der Waals surface area contributed by atoms with Crippen LogP contribution in [0.2, 0.25) is 0 Å². The van der Waals surface area contributed by atoms with Crippen molar-refractivity contribution in [2.45, 2.75) is 19.3 Å². The fourth-order valence-corrected chi connectivity index (χ4v) is 1.62. The molecule has 2 atom stereocenters. The van der Waals surface area contributed by atoms with E-state index in [0.29, 0.717) is 23.6 Å². The summed E-state index contributed by atoms with van der Waals surface area (Å²) in [5.41, 5.74) is 1.32. The van der Waals surface area contributed by atoms with Crippen LogP contribution in [0.3, 0.4) is 0 Å². The molecule has 1 aliphatic rings. The molecule has 1 fully saturated rings. The Morgan fingerprint density at radius 3 is 2.93 bits per heavy atom. The van der Waals surface area contributed by atoms with Gasteiger partial charge in [-0.1, -0.05) is 12.1 Å². The van der Waals surface area contributed by atoms with Crippen LogP contribution in [-0.2, 0) is 9.47 Å². The summed E-state index contributed by atoms with van der Waals surface area (Å²) in [4.78, 5) is 0. The van der Waals surface area contributed by atoms with Crippen LogP contribution in [-0.4, -0.2) is 18.6 Å². The molecule has 0 aliphatic carbocycles. The fraction of sp³-hybridized carbons (Fsp3) is 0.455. The first-order chi connectivity index (χ1) is 7.20. The summed E-state index contributed by atoms with van der Waals surface area (Å²) >= 11 is 5.64. The van der Waals surface area contributed by atoms with Gasteiger partial charge < -0.3 is 9.47 Å². The molecular weight excluding hydrogens is 219 g/mol. The van der Waals surface area contributed by atoms with Crippen molar-refractivity contribution in [1.82, 2.24) is 0 Å². The number of alkyl halides is 1. The molecule has 1 aliphatic heterocycles. The fourth-order valence-electron chi connectivity index (χ4n) is 1.46. The van der Waals surface area contributed by atoms with Crippen molar-refractivity contribution >= 4 is 11.6 Å². The van der Waals surface area contributed by atoms with E-state index in [2.05, 4.69) is 0 Å². The lowest BCUT2D eigenvalue weighted by Gasteiger charge is -2.11. The lowest BCUT2D eigenvalue weighted by atomic mass is 10.1. The third-order valence-corrected chi connectivity index (χ3v) is 2.73. The van der Waals surface area contributed by atoms with Crippen molar-refractivity contribution in [3.05, 3.63) is 35.1 Å². The number of hydrogen-bond donors (Lipinski definition) is 0. The van der Waals surface area contributed by atoms with Gasteiger partial charge in [-0.15, -0.1) is 11.6 Å². The van der Waals surface area contributed by atoms with E-state index in [1.807, 2.05) is 0 Å². The van der Waals surface area contributed by atoms with Crippen molar-refractivity contribution in [1.29, 1.82) is 0 Å². The lowest BCUT2D eigenvalue weighted by molar-refractivity contribution is -0.0568. The number of rotatable bonds is 2. The number of ether oxygens (including phenoxy) is 2. The average molecular weight is 231 g/mol. The highest BCUT2D eigenvalue weighted by Crippen LogP contribution is 2.28. The van der Waals surface area contributed by atoms with Gasteiger partial charge in [-0.2, -0.15) is 0 Å². The van der Waals surface area contributed by atoms with E-state index < -0.39 is 6.29 Å². The first-order valence-corrected chi connectivity index (χ1v) is 5.33.